The quantitative estimate of drug-likeness (QED) is 0.911. The Kier molecular flexibility index (Phi) is 4.47. The molecule has 5 heteroatoms. The fraction of sp³-hybridized carbons (Fsp3) is 0.600. The second-order valence-corrected chi connectivity index (χ2v) is 5.78. The number of carbonyl (C=O) groups is 1. The Morgan fingerprint density at radius 3 is 2.45 bits per heavy atom. The fourth-order valence-corrected chi connectivity index (χ4v) is 2.43. The van der Waals surface area contributed by atoms with Crippen LogP contribution in [0.3, 0.4) is 0 Å². The number of hydrogen-bond donors (Lipinski definition) is 1. The van der Waals surface area contributed by atoms with Crippen molar-refractivity contribution in [3.63, 3.8) is 0 Å². The van der Waals surface area contributed by atoms with E-state index in [1.807, 2.05) is 17.9 Å². The lowest BCUT2D eigenvalue weighted by Crippen LogP contribution is -2.50. The van der Waals surface area contributed by atoms with E-state index in [9.17, 15) is 4.79 Å². The molecule has 1 amide bonds. The van der Waals surface area contributed by atoms with Gasteiger partial charge in [0.15, 0.2) is 0 Å². The minimum absolute atomic E-state index is 0.0903. The van der Waals surface area contributed by atoms with Crippen molar-refractivity contribution >= 4 is 17.3 Å². The van der Waals surface area contributed by atoms with E-state index in [0.29, 0.717) is 11.6 Å². The van der Waals surface area contributed by atoms with Gasteiger partial charge in [0.05, 0.1) is 17.6 Å². The standard InChI is InChI=1S/C15H24N4O/c1-11(2)12(3)15(20)19-8-6-18(7-9-19)14-4-5-17-10-13(14)16/h4-5,10-12H,6-9,16H2,1-3H3. The van der Waals surface area contributed by atoms with Gasteiger partial charge in [0.2, 0.25) is 5.91 Å². The van der Waals surface area contributed by atoms with E-state index in [4.69, 9.17) is 5.73 Å². The zero-order valence-corrected chi connectivity index (χ0v) is 12.5. The van der Waals surface area contributed by atoms with Gasteiger partial charge in [-0.25, -0.2) is 0 Å². The number of piperazine rings is 1. The first-order valence-corrected chi connectivity index (χ1v) is 7.24. The largest absolute Gasteiger partial charge is 0.396 e. The second-order valence-electron chi connectivity index (χ2n) is 5.78. The van der Waals surface area contributed by atoms with Gasteiger partial charge in [0.1, 0.15) is 0 Å². The van der Waals surface area contributed by atoms with Gasteiger partial charge in [-0.1, -0.05) is 20.8 Å². The topological polar surface area (TPSA) is 62.5 Å². The maximum absolute atomic E-state index is 12.3. The Labute approximate surface area is 120 Å². The molecule has 20 heavy (non-hydrogen) atoms. The number of anilines is 2. The molecule has 1 aliphatic rings. The number of nitrogen functional groups attached to an aromatic ring is 1. The van der Waals surface area contributed by atoms with Crippen molar-refractivity contribution in [2.75, 3.05) is 36.8 Å². The summed E-state index contributed by atoms with van der Waals surface area (Å²) in [7, 11) is 0. The molecule has 1 aliphatic heterocycles. The summed E-state index contributed by atoms with van der Waals surface area (Å²) in [5.74, 6) is 0.742. The third kappa shape index (κ3) is 3.03. The van der Waals surface area contributed by atoms with Gasteiger partial charge in [0.25, 0.3) is 0 Å². The normalized spacial score (nSPS) is 17.4. The van der Waals surface area contributed by atoms with Crippen molar-refractivity contribution in [1.29, 1.82) is 0 Å². The summed E-state index contributed by atoms with van der Waals surface area (Å²) in [6, 6.07) is 1.93. The second kappa shape index (κ2) is 6.11. The number of pyridine rings is 1. The third-order valence-electron chi connectivity index (χ3n) is 4.15. The molecule has 0 radical (unpaired) electrons. The smallest absolute Gasteiger partial charge is 0.225 e. The molecule has 2 rings (SSSR count). The summed E-state index contributed by atoms with van der Waals surface area (Å²) in [6.07, 6.45) is 3.43. The van der Waals surface area contributed by atoms with Crippen LogP contribution < -0.4 is 10.6 Å². The molecule has 1 aromatic rings. The van der Waals surface area contributed by atoms with E-state index < -0.39 is 0 Å². The number of nitrogens with two attached hydrogens (primary N) is 1. The predicted molar refractivity (Wildman–Crippen MR) is 81.4 cm³/mol. The molecule has 0 aliphatic carbocycles. The van der Waals surface area contributed by atoms with Crippen LogP contribution in [0, 0.1) is 11.8 Å². The summed E-state index contributed by atoms with van der Waals surface area (Å²) in [5, 5.41) is 0. The average molecular weight is 276 g/mol. The van der Waals surface area contributed by atoms with Gasteiger partial charge in [0, 0.05) is 38.3 Å². The lowest BCUT2D eigenvalue weighted by Gasteiger charge is -2.38. The average Bonchev–Trinajstić information content (AvgIpc) is 2.46. The molecule has 1 fully saturated rings. The number of amides is 1. The third-order valence-corrected chi connectivity index (χ3v) is 4.15. The SMILES string of the molecule is CC(C)C(C)C(=O)N1CCN(c2ccncc2N)CC1. The van der Waals surface area contributed by atoms with Gasteiger partial charge in [-0.3, -0.25) is 9.78 Å². The summed E-state index contributed by atoms with van der Waals surface area (Å²) >= 11 is 0. The molecule has 1 aromatic heterocycles. The van der Waals surface area contributed by atoms with Crippen molar-refractivity contribution in [1.82, 2.24) is 9.88 Å². The molecule has 0 bridgehead atoms. The molecule has 2 heterocycles. The van der Waals surface area contributed by atoms with Gasteiger partial charge in [-0.05, 0) is 12.0 Å². The van der Waals surface area contributed by atoms with E-state index in [1.165, 1.54) is 0 Å². The van der Waals surface area contributed by atoms with E-state index >= 15 is 0 Å². The Balaban J connectivity index is 1.96. The molecule has 1 unspecified atom stereocenters. The van der Waals surface area contributed by atoms with Crippen molar-refractivity contribution in [2.24, 2.45) is 11.8 Å². The van der Waals surface area contributed by atoms with E-state index in [2.05, 4.69) is 23.7 Å². The fourth-order valence-electron chi connectivity index (χ4n) is 2.43. The molecule has 0 saturated carbocycles. The molecule has 2 N–H and O–H groups in total. The van der Waals surface area contributed by atoms with Crippen LogP contribution in [0.2, 0.25) is 0 Å². The van der Waals surface area contributed by atoms with Crippen molar-refractivity contribution < 1.29 is 4.79 Å². The zero-order valence-electron chi connectivity index (χ0n) is 12.5. The molecule has 110 valence electrons. The number of rotatable bonds is 3. The van der Waals surface area contributed by atoms with Gasteiger partial charge < -0.3 is 15.5 Å². The van der Waals surface area contributed by atoms with Crippen LogP contribution in [0.15, 0.2) is 18.5 Å². The van der Waals surface area contributed by atoms with Crippen LogP contribution in [-0.4, -0.2) is 42.0 Å². The van der Waals surface area contributed by atoms with Crippen LogP contribution in [0.25, 0.3) is 0 Å². The Bertz CT molecular complexity index is 467. The first-order chi connectivity index (χ1) is 9.50. The maximum atomic E-state index is 12.3. The van der Waals surface area contributed by atoms with E-state index in [-0.39, 0.29) is 11.8 Å². The van der Waals surface area contributed by atoms with Crippen LogP contribution in [0.1, 0.15) is 20.8 Å². The van der Waals surface area contributed by atoms with Gasteiger partial charge in [-0.15, -0.1) is 0 Å². The highest BCUT2D eigenvalue weighted by Crippen LogP contribution is 2.23. The summed E-state index contributed by atoms with van der Waals surface area (Å²) < 4.78 is 0. The molecule has 1 saturated heterocycles. The van der Waals surface area contributed by atoms with Crippen LogP contribution in [-0.2, 0) is 4.79 Å². The number of aromatic nitrogens is 1. The number of carbonyl (C=O) groups excluding carboxylic acids is 1. The summed E-state index contributed by atoms with van der Waals surface area (Å²) in [4.78, 5) is 20.5. The van der Waals surface area contributed by atoms with Crippen LogP contribution in [0.4, 0.5) is 11.4 Å². The predicted octanol–water partition coefficient (Wildman–Crippen LogP) is 1.60. The minimum atomic E-state index is 0.0903. The first-order valence-electron chi connectivity index (χ1n) is 7.24. The number of nitrogens with zero attached hydrogens (tertiary/aromatic N) is 3. The first kappa shape index (κ1) is 14.6. The monoisotopic (exact) mass is 276 g/mol. The molecule has 5 nitrogen and oxygen atoms in total. The van der Waals surface area contributed by atoms with E-state index in [1.54, 1.807) is 12.4 Å². The summed E-state index contributed by atoms with van der Waals surface area (Å²) in [6.45, 7) is 9.37. The number of hydrogen-bond acceptors (Lipinski definition) is 4. The van der Waals surface area contributed by atoms with Crippen molar-refractivity contribution in [3.05, 3.63) is 18.5 Å². The molecular weight excluding hydrogens is 252 g/mol. The van der Waals surface area contributed by atoms with Crippen molar-refractivity contribution in [3.8, 4) is 0 Å². The molecular formula is C15H24N4O. The van der Waals surface area contributed by atoms with E-state index in [0.717, 1.165) is 31.9 Å². The highest BCUT2D eigenvalue weighted by Gasteiger charge is 2.26. The zero-order chi connectivity index (χ0) is 14.7. The molecule has 0 spiro atoms. The van der Waals surface area contributed by atoms with Crippen molar-refractivity contribution in [2.45, 2.75) is 20.8 Å². The summed E-state index contributed by atoms with van der Waals surface area (Å²) in [5.41, 5.74) is 7.66. The van der Waals surface area contributed by atoms with Crippen LogP contribution >= 0.6 is 0 Å². The van der Waals surface area contributed by atoms with Crippen LogP contribution in [0.5, 0.6) is 0 Å². The lowest BCUT2D eigenvalue weighted by atomic mass is 9.96. The Morgan fingerprint density at radius 1 is 1.25 bits per heavy atom. The maximum Gasteiger partial charge on any atom is 0.225 e. The highest BCUT2D eigenvalue weighted by atomic mass is 16.2. The molecule has 0 aromatic carbocycles. The van der Waals surface area contributed by atoms with Gasteiger partial charge >= 0.3 is 0 Å². The lowest BCUT2D eigenvalue weighted by molar-refractivity contribution is -0.136. The Hall–Kier alpha value is -1.78. The molecule has 1 atom stereocenters. The van der Waals surface area contributed by atoms with Gasteiger partial charge in [-0.2, -0.15) is 0 Å². The highest BCUT2D eigenvalue weighted by molar-refractivity contribution is 5.79. The Morgan fingerprint density at radius 2 is 1.90 bits per heavy atom. The minimum Gasteiger partial charge on any atom is -0.396 e.